The van der Waals surface area contributed by atoms with Crippen molar-refractivity contribution < 1.29 is 4.74 Å². The number of benzene rings is 2. The minimum absolute atomic E-state index is 0.158. The highest BCUT2D eigenvalue weighted by Crippen LogP contribution is 2.31. The molecule has 2 aromatic rings. The zero-order chi connectivity index (χ0) is 16.8. The molecule has 5 heteroatoms. The molecule has 0 aliphatic carbocycles. The second-order valence-electron chi connectivity index (χ2n) is 5.90. The molecule has 5 nitrogen and oxygen atoms in total. The second kappa shape index (κ2) is 7.73. The predicted octanol–water partition coefficient (Wildman–Crippen LogP) is 2.55. The Hall–Kier alpha value is -2.69. The lowest BCUT2D eigenvalue weighted by atomic mass is 10.0. The molecule has 1 aliphatic heterocycles. The van der Waals surface area contributed by atoms with Gasteiger partial charge in [0.2, 0.25) is 0 Å². The lowest BCUT2D eigenvalue weighted by molar-refractivity contribution is 0.262. The standard InChI is InChI=1S/C19H24N4O/c1-23(15-7-3-2-4-8-15)13-12-21-19(20)22-17-11-14-24-18-10-6-5-9-16(17)18/h2-10,17H,11-14H2,1H3,(H3,20,21,22). The van der Waals surface area contributed by atoms with Crippen LogP contribution < -0.4 is 20.7 Å². The molecule has 0 radical (unpaired) electrons. The van der Waals surface area contributed by atoms with Crippen LogP contribution in [0.3, 0.4) is 0 Å². The largest absolute Gasteiger partial charge is 0.493 e. The summed E-state index contributed by atoms with van der Waals surface area (Å²) in [6, 6.07) is 18.5. The van der Waals surface area contributed by atoms with Crippen molar-refractivity contribution in [2.24, 2.45) is 10.7 Å². The Balaban J connectivity index is 1.54. The van der Waals surface area contributed by atoms with Crippen LogP contribution in [0.5, 0.6) is 5.75 Å². The third kappa shape index (κ3) is 3.98. The first kappa shape index (κ1) is 16.2. The Bertz CT molecular complexity index is 687. The summed E-state index contributed by atoms with van der Waals surface area (Å²) in [7, 11) is 2.06. The first-order chi connectivity index (χ1) is 11.7. The Morgan fingerprint density at radius 1 is 1.21 bits per heavy atom. The number of likely N-dealkylation sites (N-methyl/N-ethyl adjacent to an activating group) is 1. The van der Waals surface area contributed by atoms with Gasteiger partial charge in [0.25, 0.3) is 0 Å². The van der Waals surface area contributed by atoms with E-state index in [1.165, 1.54) is 5.69 Å². The average molecular weight is 324 g/mol. The number of guanidine groups is 1. The van der Waals surface area contributed by atoms with Crippen molar-refractivity contribution in [1.29, 1.82) is 0 Å². The summed E-state index contributed by atoms with van der Waals surface area (Å²) < 4.78 is 5.67. The molecule has 0 aromatic heterocycles. The quantitative estimate of drug-likeness (QED) is 0.655. The van der Waals surface area contributed by atoms with Crippen molar-refractivity contribution in [2.75, 3.05) is 31.6 Å². The Morgan fingerprint density at radius 2 is 1.96 bits per heavy atom. The maximum atomic E-state index is 6.07. The van der Waals surface area contributed by atoms with Gasteiger partial charge in [-0.05, 0) is 18.2 Å². The van der Waals surface area contributed by atoms with Crippen LogP contribution in [-0.2, 0) is 0 Å². The van der Waals surface area contributed by atoms with Crippen molar-refractivity contribution in [1.82, 2.24) is 5.32 Å². The van der Waals surface area contributed by atoms with E-state index in [-0.39, 0.29) is 6.04 Å². The molecule has 2 aromatic carbocycles. The van der Waals surface area contributed by atoms with Gasteiger partial charge in [-0.1, -0.05) is 36.4 Å². The lowest BCUT2D eigenvalue weighted by Crippen LogP contribution is -2.37. The van der Waals surface area contributed by atoms with Gasteiger partial charge in [0.1, 0.15) is 5.75 Å². The van der Waals surface area contributed by atoms with E-state index in [0.29, 0.717) is 19.1 Å². The highest BCUT2D eigenvalue weighted by atomic mass is 16.5. The molecule has 3 rings (SSSR count). The summed E-state index contributed by atoms with van der Waals surface area (Å²) in [4.78, 5) is 6.62. The van der Waals surface area contributed by atoms with Gasteiger partial charge < -0.3 is 20.7 Å². The number of nitrogens with zero attached hydrogens (tertiary/aromatic N) is 2. The summed E-state index contributed by atoms with van der Waals surface area (Å²) in [5.74, 6) is 1.41. The lowest BCUT2D eigenvalue weighted by Gasteiger charge is -2.27. The van der Waals surface area contributed by atoms with Crippen molar-refractivity contribution in [3.8, 4) is 5.75 Å². The molecular formula is C19H24N4O. The van der Waals surface area contributed by atoms with Crippen molar-refractivity contribution in [3.05, 3.63) is 60.2 Å². The summed E-state index contributed by atoms with van der Waals surface area (Å²) in [6.45, 7) is 2.16. The fraction of sp³-hybridized carbons (Fsp3) is 0.316. The van der Waals surface area contributed by atoms with Crippen molar-refractivity contribution in [2.45, 2.75) is 12.5 Å². The number of rotatable bonds is 5. The monoisotopic (exact) mass is 324 g/mol. The van der Waals surface area contributed by atoms with E-state index in [9.17, 15) is 0 Å². The molecule has 24 heavy (non-hydrogen) atoms. The van der Waals surface area contributed by atoms with E-state index in [4.69, 9.17) is 10.5 Å². The van der Waals surface area contributed by atoms with Gasteiger partial charge in [-0.15, -0.1) is 0 Å². The van der Waals surface area contributed by atoms with Gasteiger partial charge in [-0.25, -0.2) is 0 Å². The van der Waals surface area contributed by atoms with Gasteiger partial charge >= 0.3 is 0 Å². The molecule has 1 atom stereocenters. The average Bonchev–Trinajstić information content (AvgIpc) is 2.63. The Labute approximate surface area is 143 Å². The van der Waals surface area contributed by atoms with Gasteiger partial charge in [-0.2, -0.15) is 0 Å². The van der Waals surface area contributed by atoms with Gasteiger partial charge in [0, 0.05) is 31.3 Å². The zero-order valence-electron chi connectivity index (χ0n) is 14.0. The normalized spacial score (nSPS) is 16.9. The van der Waals surface area contributed by atoms with E-state index in [1.54, 1.807) is 0 Å². The highest BCUT2D eigenvalue weighted by Gasteiger charge is 2.21. The van der Waals surface area contributed by atoms with Crippen LogP contribution in [0.1, 0.15) is 18.0 Å². The number of fused-ring (bicyclic) bond motifs is 1. The predicted molar refractivity (Wildman–Crippen MR) is 98.6 cm³/mol. The number of hydrogen-bond donors (Lipinski definition) is 2. The van der Waals surface area contributed by atoms with Crippen molar-refractivity contribution >= 4 is 11.6 Å². The summed E-state index contributed by atoms with van der Waals surface area (Å²) >= 11 is 0. The SMILES string of the molecule is CN(CCN=C(N)NC1CCOc2ccccc21)c1ccccc1. The molecule has 126 valence electrons. The van der Waals surface area contributed by atoms with E-state index < -0.39 is 0 Å². The third-order valence-electron chi connectivity index (χ3n) is 4.20. The number of para-hydroxylation sites is 2. The van der Waals surface area contributed by atoms with Crippen LogP contribution in [0.2, 0.25) is 0 Å². The van der Waals surface area contributed by atoms with Crippen LogP contribution in [0.25, 0.3) is 0 Å². The van der Waals surface area contributed by atoms with Gasteiger partial charge in [0.05, 0.1) is 19.2 Å². The van der Waals surface area contributed by atoms with E-state index >= 15 is 0 Å². The third-order valence-corrected chi connectivity index (χ3v) is 4.20. The number of hydrogen-bond acceptors (Lipinski definition) is 3. The van der Waals surface area contributed by atoms with E-state index in [0.717, 1.165) is 24.3 Å². The number of nitrogens with one attached hydrogen (secondary N) is 1. The fourth-order valence-corrected chi connectivity index (χ4v) is 2.85. The van der Waals surface area contributed by atoms with Crippen molar-refractivity contribution in [3.63, 3.8) is 0 Å². The second-order valence-corrected chi connectivity index (χ2v) is 5.90. The highest BCUT2D eigenvalue weighted by molar-refractivity contribution is 5.78. The van der Waals surface area contributed by atoms with Gasteiger partial charge in [-0.3, -0.25) is 4.99 Å². The molecule has 0 spiro atoms. The maximum Gasteiger partial charge on any atom is 0.189 e. The topological polar surface area (TPSA) is 62.9 Å². The van der Waals surface area contributed by atoms with Gasteiger partial charge in [0.15, 0.2) is 5.96 Å². The summed E-state index contributed by atoms with van der Waals surface area (Å²) in [5.41, 5.74) is 8.39. The van der Waals surface area contributed by atoms with Crippen LogP contribution in [0.4, 0.5) is 5.69 Å². The maximum absolute atomic E-state index is 6.07. The van der Waals surface area contributed by atoms with Crippen LogP contribution in [0.15, 0.2) is 59.6 Å². The van der Waals surface area contributed by atoms with Crippen LogP contribution in [0, 0.1) is 0 Å². The summed E-state index contributed by atoms with van der Waals surface area (Å²) in [6.07, 6.45) is 0.886. The minimum Gasteiger partial charge on any atom is -0.493 e. The molecular weight excluding hydrogens is 300 g/mol. The molecule has 0 amide bonds. The molecule has 0 fully saturated rings. The zero-order valence-corrected chi connectivity index (χ0v) is 14.0. The molecule has 1 aliphatic rings. The Morgan fingerprint density at radius 3 is 2.79 bits per heavy atom. The van der Waals surface area contributed by atoms with E-state index in [2.05, 4.69) is 40.5 Å². The number of nitrogens with two attached hydrogens (primary N) is 1. The molecule has 1 unspecified atom stereocenters. The fourth-order valence-electron chi connectivity index (χ4n) is 2.85. The molecule has 0 saturated heterocycles. The van der Waals surface area contributed by atoms with Crippen LogP contribution >= 0.6 is 0 Å². The minimum atomic E-state index is 0.158. The summed E-state index contributed by atoms with van der Waals surface area (Å²) in [5, 5.41) is 3.32. The molecule has 0 bridgehead atoms. The van der Waals surface area contributed by atoms with E-state index in [1.807, 2.05) is 36.4 Å². The first-order valence-electron chi connectivity index (χ1n) is 8.28. The first-order valence-corrected chi connectivity index (χ1v) is 8.28. The number of anilines is 1. The molecule has 3 N–H and O–H groups in total. The number of aliphatic imine (C=N–C) groups is 1. The Kier molecular flexibility index (Phi) is 5.21. The molecule has 1 heterocycles. The van der Waals surface area contributed by atoms with Crippen LogP contribution in [-0.4, -0.2) is 32.7 Å². The molecule has 0 saturated carbocycles. The smallest absolute Gasteiger partial charge is 0.189 e. The number of ether oxygens (including phenoxy) is 1.